The normalized spacial score (nSPS) is 30.7. The summed E-state index contributed by atoms with van der Waals surface area (Å²) >= 11 is 0. The van der Waals surface area contributed by atoms with Gasteiger partial charge in [-0.1, -0.05) is 6.92 Å². The zero-order valence-electron chi connectivity index (χ0n) is 6.35. The number of rotatable bonds is 1. The monoisotopic (exact) mass is 128 g/mol. The Kier molecular flexibility index (Phi) is 2.49. The largest absolute Gasteiger partial charge is 0.312 e. The Bertz CT molecular complexity index is 83.0. The van der Waals surface area contributed by atoms with Crippen molar-refractivity contribution >= 4 is 0 Å². The van der Waals surface area contributed by atoms with Crippen LogP contribution in [0.2, 0.25) is 0 Å². The van der Waals surface area contributed by atoms with Gasteiger partial charge in [-0.25, -0.2) is 0 Å². The number of piperazine rings is 1. The third-order valence-corrected chi connectivity index (χ3v) is 1.90. The van der Waals surface area contributed by atoms with Crippen LogP contribution in [0.5, 0.6) is 0 Å². The van der Waals surface area contributed by atoms with Crippen LogP contribution in [0.1, 0.15) is 13.8 Å². The van der Waals surface area contributed by atoms with E-state index in [1.54, 1.807) is 0 Å². The Morgan fingerprint density at radius 2 is 2.44 bits per heavy atom. The summed E-state index contributed by atoms with van der Waals surface area (Å²) in [5.74, 6) is 0. The first-order valence-corrected chi connectivity index (χ1v) is 3.78. The molecule has 54 valence electrons. The Balaban J connectivity index is 2.23. The Morgan fingerprint density at radius 1 is 1.67 bits per heavy atom. The quantitative estimate of drug-likeness (QED) is 0.546. The summed E-state index contributed by atoms with van der Waals surface area (Å²) in [6.45, 7) is 9.26. The minimum atomic E-state index is 0.693. The highest BCUT2D eigenvalue weighted by molar-refractivity contribution is 4.73. The molecular weight excluding hydrogens is 112 g/mol. The first-order chi connectivity index (χ1) is 4.33. The summed E-state index contributed by atoms with van der Waals surface area (Å²) < 4.78 is 0. The highest BCUT2D eigenvalue weighted by Gasteiger charge is 2.12. The second-order valence-corrected chi connectivity index (χ2v) is 2.75. The van der Waals surface area contributed by atoms with Crippen molar-refractivity contribution in [3.8, 4) is 0 Å². The van der Waals surface area contributed by atoms with E-state index in [9.17, 15) is 0 Å². The molecule has 1 aliphatic heterocycles. The van der Waals surface area contributed by atoms with Crippen LogP contribution in [0.3, 0.4) is 0 Å². The van der Waals surface area contributed by atoms with Crippen molar-refractivity contribution in [2.24, 2.45) is 0 Å². The minimum absolute atomic E-state index is 0.693. The van der Waals surface area contributed by atoms with Gasteiger partial charge in [-0.3, -0.25) is 0 Å². The van der Waals surface area contributed by atoms with Crippen molar-refractivity contribution < 1.29 is 0 Å². The van der Waals surface area contributed by atoms with Gasteiger partial charge in [0, 0.05) is 25.7 Å². The molecule has 1 aliphatic rings. The summed E-state index contributed by atoms with van der Waals surface area (Å²) in [5, 5.41) is 3.40. The fraction of sp³-hybridized carbons (Fsp3) is 1.00. The van der Waals surface area contributed by atoms with Crippen molar-refractivity contribution in [2.75, 3.05) is 26.2 Å². The van der Waals surface area contributed by atoms with E-state index in [0.29, 0.717) is 6.04 Å². The molecule has 0 amide bonds. The molecule has 1 heterocycles. The topological polar surface area (TPSA) is 15.3 Å². The van der Waals surface area contributed by atoms with Gasteiger partial charge < -0.3 is 10.2 Å². The second kappa shape index (κ2) is 3.18. The van der Waals surface area contributed by atoms with Crippen LogP contribution >= 0.6 is 0 Å². The molecule has 0 aromatic rings. The van der Waals surface area contributed by atoms with E-state index in [2.05, 4.69) is 24.1 Å². The van der Waals surface area contributed by atoms with Crippen molar-refractivity contribution in [2.45, 2.75) is 19.9 Å². The molecule has 0 saturated carbocycles. The molecule has 1 saturated heterocycles. The maximum atomic E-state index is 3.40. The fourth-order valence-corrected chi connectivity index (χ4v) is 1.30. The molecule has 1 fully saturated rings. The molecule has 0 aromatic carbocycles. The van der Waals surface area contributed by atoms with Gasteiger partial charge in [-0.05, 0) is 13.5 Å². The molecule has 0 spiro atoms. The van der Waals surface area contributed by atoms with Crippen LogP contribution in [0.4, 0.5) is 0 Å². The van der Waals surface area contributed by atoms with Gasteiger partial charge in [0.2, 0.25) is 0 Å². The number of likely N-dealkylation sites (N-methyl/N-ethyl adjacent to an activating group) is 1. The van der Waals surface area contributed by atoms with E-state index in [0.717, 1.165) is 6.54 Å². The SMILES string of the molecule is CCN1CCN[C@H](C)C1. The third kappa shape index (κ3) is 1.95. The minimum Gasteiger partial charge on any atom is -0.312 e. The molecule has 1 rings (SSSR count). The molecule has 0 radical (unpaired) electrons. The van der Waals surface area contributed by atoms with Gasteiger partial charge in [0.05, 0.1) is 0 Å². The smallest absolute Gasteiger partial charge is 0.0167 e. The van der Waals surface area contributed by atoms with Crippen LogP contribution in [0, 0.1) is 0 Å². The standard InChI is InChI=1S/C7H16N2/c1-3-9-5-4-8-7(2)6-9/h7-8H,3-6H2,1-2H3/t7-/m1/s1. The van der Waals surface area contributed by atoms with Crippen LogP contribution < -0.4 is 5.32 Å². The lowest BCUT2D eigenvalue weighted by Gasteiger charge is -2.30. The molecule has 2 nitrogen and oxygen atoms in total. The number of hydrogen-bond acceptors (Lipinski definition) is 2. The Hall–Kier alpha value is -0.0800. The molecular formula is C7H16N2. The zero-order chi connectivity index (χ0) is 6.69. The number of nitrogens with zero attached hydrogens (tertiary/aromatic N) is 1. The second-order valence-electron chi connectivity index (χ2n) is 2.75. The van der Waals surface area contributed by atoms with Crippen LogP contribution in [0.15, 0.2) is 0 Å². The Labute approximate surface area is 57.2 Å². The van der Waals surface area contributed by atoms with E-state index in [1.165, 1.54) is 19.6 Å². The lowest BCUT2D eigenvalue weighted by Crippen LogP contribution is -2.48. The van der Waals surface area contributed by atoms with E-state index in [-0.39, 0.29) is 0 Å². The average Bonchev–Trinajstić information content (AvgIpc) is 1.88. The van der Waals surface area contributed by atoms with Gasteiger partial charge in [-0.2, -0.15) is 0 Å². The van der Waals surface area contributed by atoms with Crippen molar-refractivity contribution in [3.63, 3.8) is 0 Å². The predicted octanol–water partition coefficient (Wildman–Crippen LogP) is 0.300. The van der Waals surface area contributed by atoms with E-state index >= 15 is 0 Å². The van der Waals surface area contributed by atoms with E-state index in [4.69, 9.17) is 0 Å². The van der Waals surface area contributed by atoms with Crippen LogP contribution in [0.25, 0.3) is 0 Å². The van der Waals surface area contributed by atoms with Gasteiger partial charge >= 0.3 is 0 Å². The van der Waals surface area contributed by atoms with Crippen molar-refractivity contribution in [3.05, 3.63) is 0 Å². The molecule has 1 atom stereocenters. The maximum absolute atomic E-state index is 3.40. The van der Waals surface area contributed by atoms with Crippen LogP contribution in [-0.2, 0) is 0 Å². The molecule has 0 bridgehead atoms. The van der Waals surface area contributed by atoms with Gasteiger partial charge in [-0.15, -0.1) is 0 Å². The summed E-state index contributed by atoms with van der Waals surface area (Å²) in [6, 6.07) is 0.693. The molecule has 0 aromatic heterocycles. The lowest BCUT2D eigenvalue weighted by molar-refractivity contribution is 0.217. The lowest BCUT2D eigenvalue weighted by atomic mass is 10.2. The molecule has 1 N–H and O–H groups in total. The third-order valence-electron chi connectivity index (χ3n) is 1.90. The summed E-state index contributed by atoms with van der Waals surface area (Å²) in [4.78, 5) is 2.47. The number of hydrogen-bond donors (Lipinski definition) is 1. The molecule has 2 heteroatoms. The highest BCUT2D eigenvalue weighted by atomic mass is 15.2. The maximum Gasteiger partial charge on any atom is 0.0167 e. The first-order valence-electron chi connectivity index (χ1n) is 3.78. The molecule has 0 aliphatic carbocycles. The van der Waals surface area contributed by atoms with Crippen molar-refractivity contribution in [1.29, 1.82) is 0 Å². The zero-order valence-corrected chi connectivity index (χ0v) is 6.35. The van der Waals surface area contributed by atoms with E-state index in [1.807, 2.05) is 0 Å². The van der Waals surface area contributed by atoms with Gasteiger partial charge in [0.25, 0.3) is 0 Å². The first kappa shape index (κ1) is 7.03. The van der Waals surface area contributed by atoms with Crippen molar-refractivity contribution in [1.82, 2.24) is 10.2 Å². The Morgan fingerprint density at radius 3 is 2.89 bits per heavy atom. The fourth-order valence-electron chi connectivity index (χ4n) is 1.30. The van der Waals surface area contributed by atoms with Gasteiger partial charge in [0.15, 0.2) is 0 Å². The number of nitrogens with one attached hydrogen (secondary N) is 1. The summed E-state index contributed by atoms with van der Waals surface area (Å²) in [6.07, 6.45) is 0. The van der Waals surface area contributed by atoms with E-state index < -0.39 is 0 Å². The predicted molar refractivity (Wildman–Crippen MR) is 39.6 cm³/mol. The molecule has 0 unspecified atom stereocenters. The molecule has 9 heavy (non-hydrogen) atoms. The highest BCUT2D eigenvalue weighted by Crippen LogP contribution is 1.95. The average molecular weight is 128 g/mol. The summed E-state index contributed by atoms with van der Waals surface area (Å²) in [7, 11) is 0. The summed E-state index contributed by atoms with van der Waals surface area (Å²) in [5.41, 5.74) is 0. The van der Waals surface area contributed by atoms with Gasteiger partial charge in [0.1, 0.15) is 0 Å². The van der Waals surface area contributed by atoms with Crippen LogP contribution in [-0.4, -0.2) is 37.1 Å².